The van der Waals surface area contributed by atoms with Gasteiger partial charge >= 0.3 is 0 Å². The van der Waals surface area contributed by atoms with Crippen molar-refractivity contribution in [2.45, 2.75) is 55.4 Å². The first-order valence-electron chi connectivity index (χ1n) is 37.9. The summed E-state index contributed by atoms with van der Waals surface area (Å²) in [6, 6.07) is 67.6. The van der Waals surface area contributed by atoms with Crippen LogP contribution in [-0.2, 0) is 56.4 Å². The molecular formula is C93H93N19. The van der Waals surface area contributed by atoms with Crippen LogP contribution in [0.2, 0.25) is 0 Å². The summed E-state index contributed by atoms with van der Waals surface area (Å²) in [5.41, 5.74) is 28.4. The SMILES string of the molecule is Cc1c2c(cc3ccccn32)cn1C.Cc1c2cc3ccccn3c2cn1C.Cc1cc2cc3ccccn3c2n1C.Cc1cn2c3ccccc3cc2n1C.Cc1cn2cc3ccccc3c2n1C.Cc1nc2c(cn3ccccc23)n1C.Cc1nc2cc3ccccn3c2n1C.Cc1nc2cn3ccccc3c2n1C. The highest BCUT2D eigenvalue weighted by Gasteiger charge is 2.16. The third-order valence-corrected chi connectivity index (χ3v) is 22.8. The van der Waals surface area contributed by atoms with Crippen LogP contribution in [0.4, 0.5) is 0 Å². The Labute approximate surface area is 647 Å². The molecule has 0 N–H and O–H groups in total. The topological polar surface area (TPSA) is 113 Å². The van der Waals surface area contributed by atoms with Gasteiger partial charge in [0.1, 0.15) is 56.6 Å². The lowest BCUT2D eigenvalue weighted by Gasteiger charge is -2.00. The number of fused-ring (bicyclic) bond motifs is 24. The van der Waals surface area contributed by atoms with Gasteiger partial charge in [0, 0.05) is 220 Å². The summed E-state index contributed by atoms with van der Waals surface area (Å²) in [5, 5.41) is 7.91. The van der Waals surface area contributed by atoms with Gasteiger partial charge in [-0.1, -0.05) is 78.9 Å². The van der Waals surface area contributed by atoms with Crippen LogP contribution in [0, 0.1) is 55.4 Å². The van der Waals surface area contributed by atoms with Crippen molar-refractivity contribution < 1.29 is 0 Å². The Bertz CT molecular complexity index is 6670. The molecule has 112 heavy (non-hydrogen) atoms. The average Bonchev–Trinajstić information content (AvgIpc) is 1.64. The van der Waals surface area contributed by atoms with E-state index < -0.39 is 0 Å². The van der Waals surface area contributed by atoms with Gasteiger partial charge in [0.25, 0.3) is 0 Å². The number of imidazole rings is 5. The smallest absolute Gasteiger partial charge is 0.144 e. The summed E-state index contributed by atoms with van der Waals surface area (Å²) in [4.78, 5) is 13.5. The first-order chi connectivity index (χ1) is 54.2. The summed E-state index contributed by atoms with van der Waals surface area (Å²) in [6.45, 7) is 16.8. The van der Waals surface area contributed by atoms with Gasteiger partial charge < -0.3 is 71.7 Å². The first-order valence-corrected chi connectivity index (χ1v) is 37.9. The van der Waals surface area contributed by atoms with Crippen LogP contribution >= 0.6 is 0 Å². The van der Waals surface area contributed by atoms with Crippen molar-refractivity contribution in [1.29, 1.82) is 0 Å². The van der Waals surface area contributed by atoms with Gasteiger partial charge in [-0.2, -0.15) is 0 Å². The van der Waals surface area contributed by atoms with Gasteiger partial charge in [-0.25, -0.2) is 15.0 Å². The van der Waals surface area contributed by atoms with E-state index in [2.05, 4.69) is 396 Å². The second-order valence-electron chi connectivity index (χ2n) is 29.5. The number of hydrogen-bond acceptors (Lipinski definition) is 3. The number of nitrogens with zero attached hydrogens (tertiary/aromatic N) is 19. The molecule has 0 atom stereocenters. The average molecular weight is 1480 g/mol. The van der Waals surface area contributed by atoms with Crippen LogP contribution in [-0.4, -0.2) is 86.7 Å². The summed E-state index contributed by atoms with van der Waals surface area (Å²) < 4.78 is 34.9. The maximum absolute atomic E-state index is 4.54. The Morgan fingerprint density at radius 3 is 1.53 bits per heavy atom. The van der Waals surface area contributed by atoms with Crippen molar-refractivity contribution in [2.75, 3.05) is 0 Å². The molecule has 22 aromatic heterocycles. The standard InChI is InChI=1S/5C12H12N2.3C11H11N3/c1-9-12-10(8-13(9)2)7-11-5-3-4-6-14(11)12;1-9-11-7-10-5-3-4-6-14(10)12(11)8-13(9)2;1-9-8-14-11-6-4-3-5-10(11)7-12(14)13(9)2;1-9-7-10-8-11-5-3-4-6-14(11)12(10)13(9)2;1-9-7-14-8-10-5-3-4-6-11(10)12(14)13(9)2;1-8-12-9-7-14-6-4-3-5-10(14)11(9)13(8)2;1-8-12-11-9-5-3-4-6-14(9)7-10(11)13(8)2;1-8-12-10-7-9-5-3-4-6-14(9)11(10)13(8)2/h5*3-8H,1-2H3;3*3-7H,1-2H3. The molecular weight excluding hydrogens is 1380 g/mol. The van der Waals surface area contributed by atoms with E-state index in [1.165, 1.54) is 138 Å². The van der Waals surface area contributed by atoms with Crippen molar-refractivity contribution in [3.05, 3.63) is 321 Å². The number of hydrogen-bond donors (Lipinski definition) is 0. The van der Waals surface area contributed by atoms with Crippen LogP contribution in [0.1, 0.15) is 45.9 Å². The van der Waals surface area contributed by atoms with E-state index in [0.717, 1.165) is 39.7 Å². The molecule has 24 rings (SSSR count). The fourth-order valence-electron chi connectivity index (χ4n) is 16.0. The number of rotatable bonds is 0. The number of benzene rings is 2. The molecule has 2 aromatic carbocycles. The second-order valence-corrected chi connectivity index (χ2v) is 29.5. The van der Waals surface area contributed by atoms with E-state index in [9.17, 15) is 0 Å². The fraction of sp³-hybridized carbons (Fsp3) is 0.172. The Balaban J connectivity index is 0.0000000929. The Morgan fingerprint density at radius 1 is 0.259 bits per heavy atom. The number of para-hydroxylation sites is 1. The molecule has 19 heteroatoms. The molecule has 0 amide bonds. The van der Waals surface area contributed by atoms with Crippen LogP contribution in [0.3, 0.4) is 0 Å². The molecule has 0 aliphatic heterocycles. The lowest BCUT2D eigenvalue weighted by atomic mass is 10.2. The summed E-state index contributed by atoms with van der Waals surface area (Å²) in [7, 11) is 16.6. The zero-order valence-electron chi connectivity index (χ0n) is 66.5. The van der Waals surface area contributed by atoms with Gasteiger partial charge in [0.05, 0.1) is 38.6 Å². The third kappa shape index (κ3) is 12.3. The normalized spacial score (nSPS) is 11.6. The highest BCUT2D eigenvalue weighted by molar-refractivity contribution is 5.97. The lowest BCUT2D eigenvalue weighted by molar-refractivity contribution is 0.865. The van der Waals surface area contributed by atoms with Gasteiger partial charge in [-0.05, 0) is 171 Å². The van der Waals surface area contributed by atoms with E-state index >= 15 is 0 Å². The quantitative estimate of drug-likeness (QED) is 0.151. The van der Waals surface area contributed by atoms with E-state index in [1.54, 1.807) is 0 Å². The Hall–Kier alpha value is -13.8. The van der Waals surface area contributed by atoms with E-state index in [0.29, 0.717) is 0 Å². The molecule has 0 bridgehead atoms. The van der Waals surface area contributed by atoms with Crippen LogP contribution < -0.4 is 0 Å². The monoisotopic (exact) mass is 1480 g/mol. The summed E-state index contributed by atoms with van der Waals surface area (Å²) >= 11 is 0. The summed E-state index contributed by atoms with van der Waals surface area (Å²) in [5.74, 6) is 3.16. The Kier molecular flexibility index (Phi) is 18.0. The molecule has 0 aliphatic carbocycles. The van der Waals surface area contributed by atoms with Crippen LogP contribution in [0.25, 0.3) is 132 Å². The Morgan fingerprint density at radius 2 is 0.795 bits per heavy atom. The fourth-order valence-corrected chi connectivity index (χ4v) is 16.0. The van der Waals surface area contributed by atoms with Crippen molar-refractivity contribution >= 4 is 132 Å². The molecule has 0 unspecified atom stereocenters. The first kappa shape index (κ1) is 71.1. The zero-order chi connectivity index (χ0) is 77.7. The van der Waals surface area contributed by atoms with E-state index in [4.69, 9.17) is 0 Å². The minimum atomic E-state index is 1.05. The predicted molar refractivity (Wildman–Crippen MR) is 462 cm³/mol. The number of aryl methyl sites for hydroxylation is 16. The minimum Gasteiger partial charge on any atom is -0.352 e. The van der Waals surface area contributed by atoms with E-state index in [-0.39, 0.29) is 0 Å². The molecule has 0 saturated carbocycles. The largest absolute Gasteiger partial charge is 0.352 e. The predicted octanol–water partition coefficient (Wildman–Crippen LogP) is 20.1. The minimum absolute atomic E-state index is 1.05. The van der Waals surface area contributed by atoms with Crippen molar-refractivity contribution in [1.82, 2.24) is 86.7 Å². The maximum Gasteiger partial charge on any atom is 0.144 e. The zero-order valence-corrected chi connectivity index (χ0v) is 66.5. The van der Waals surface area contributed by atoms with Crippen molar-refractivity contribution in [3.63, 3.8) is 0 Å². The highest BCUT2D eigenvalue weighted by atomic mass is 15.2. The van der Waals surface area contributed by atoms with E-state index in [1.807, 2.05) is 77.6 Å². The maximum atomic E-state index is 4.54. The molecule has 0 spiro atoms. The molecule has 560 valence electrons. The molecule has 0 fully saturated rings. The molecule has 19 nitrogen and oxygen atoms in total. The molecule has 0 radical (unpaired) electrons. The van der Waals surface area contributed by atoms with Crippen LogP contribution in [0.15, 0.2) is 275 Å². The highest BCUT2D eigenvalue weighted by Crippen LogP contribution is 2.30. The number of pyridine rings is 6. The molecule has 0 saturated heterocycles. The summed E-state index contributed by atoms with van der Waals surface area (Å²) in [6.07, 6.45) is 27.6. The molecule has 24 aromatic rings. The van der Waals surface area contributed by atoms with Gasteiger partial charge in [0.15, 0.2) is 0 Å². The molecule has 0 aliphatic rings. The van der Waals surface area contributed by atoms with Crippen molar-refractivity contribution in [3.8, 4) is 0 Å². The van der Waals surface area contributed by atoms with Gasteiger partial charge in [-0.15, -0.1) is 0 Å². The second kappa shape index (κ2) is 28.3. The lowest BCUT2D eigenvalue weighted by Crippen LogP contribution is -1.94. The molecule has 22 heterocycles. The van der Waals surface area contributed by atoms with Gasteiger partial charge in [0.2, 0.25) is 0 Å². The van der Waals surface area contributed by atoms with Crippen LogP contribution in [0.5, 0.6) is 0 Å². The van der Waals surface area contributed by atoms with Crippen molar-refractivity contribution in [2.24, 2.45) is 56.4 Å². The van der Waals surface area contributed by atoms with Gasteiger partial charge in [-0.3, -0.25) is 0 Å². The number of aromatic nitrogens is 19. The third-order valence-electron chi connectivity index (χ3n) is 22.8.